The van der Waals surface area contributed by atoms with Gasteiger partial charge in [-0.15, -0.1) is 74.4 Å². The Hall–Kier alpha value is 0.240. The summed E-state index contributed by atoms with van der Waals surface area (Å²) in [6.07, 6.45) is 8.62. The van der Waals surface area contributed by atoms with E-state index in [2.05, 4.69) is 9.80 Å². The molecule has 0 aromatic heterocycles. The molecule has 2 atom stereocenters. The topological polar surface area (TPSA) is 182 Å². The van der Waals surface area contributed by atoms with E-state index in [1.54, 1.807) is 0 Å². The predicted molar refractivity (Wildman–Crippen MR) is 259 cm³/mol. The largest absolute Gasteiger partial charge is 0.331 e. The van der Waals surface area contributed by atoms with Crippen molar-refractivity contribution in [1.82, 2.24) is 9.80 Å². The number of unbranched alkanes of at least 4 members (excludes halogenated alkanes) is 3. The van der Waals surface area contributed by atoms with Gasteiger partial charge >= 0.3 is 15.2 Å². The van der Waals surface area contributed by atoms with Crippen molar-refractivity contribution in [2.24, 2.45) is 22.9 Å². The minimum Gasteiger partial charge on any atom is -0.330 e. The third-order valence-electron chi connectivity index (χ3n) is 8.75. The average molecular weight is 988 g/mol. The minimum absolute atomic E-state index is 0. The molecule has 0 amide bonds. The van der Waals surface area contributed by atoms with Crippen LogP contribution in [0.1, 0.15) is 62.5 Å². The summed E-state index contributed by atoms with van der Waals surface area (Å²) < 4.78 is 51.8. The van der Waals surface area contributed by atoms with Crippen LogP contribution in [0, 0.1) is 0 Å². The Morgan fingerprint density at radius 1 is 0.397 bits per heavy atom. The van der Waals surface area contributed by atoms with Crippen LogP contribution in [0.4, 0.5) is 0 Å². The minimum atomic E-state index is -3.32. The fraction of sp³-hybridized carbons (Fsp3) is 0.684. The van der Waals surface area contributed by atoms with Crippen LogP contribution in [-0.4, -0.2) is 114 Å². The maximum absolute atomic E-state index is 13.9. The molecule has 0 saturated carbocycles. The number of hydrogen-bond donors (Lipinski definition) is 4. The van der Waals surface area contributed by atoms with Gasteiger partial charge in [0, 0.05) is 13.1 Å². The molecule has 2 aromatic rings. The summed E-state index contributed by atoms with van der Waals surface area (Å²) in [7, 11) is -6.64. The Bertz CT molecular complexity index is 1140. The van der Waals surface area contributed by atoms with Crippen molar-refractivity contribution in [2.75, 3.05) is 104 Å². The molecule has 0 aliphatic carbocycles. The lowest BCUT2D eigenvalue weighted by molar-refractivity contribution is 0.189. The molecule has 0 saturated heterocycles. The van der Waals surface area contributed by atoms with Crippen LogP contribution in [0.3, 0.4) is 0 Å². The number of benzene rings is 2. The summed E-state index contributed by atoms with van der Waals surface area (Å²) >= 11 is 0. The van der Waals surface area contributed by atoms with E-state index in [1.807, 2.05) is 60.7 Å². The zero-order chi connectivity index (χ0) is 37.6. The Balaban J connectivity index is -0.00000156. The molecule has 0 radical (unpaired) electrons. The van der Waals surface area contributed by atoms with Gasteiger partial charge in [0.1, 0.15) is 0 Å². The molecule has 0 heterocycles. The first kappa shape index (κ1) is 67.3. The van der Waals surface area contributed by atoms with E-state index in [0.717, 1.165) is 88.7 Å². The number of rotatable bonds is 35. The molecule has 2 aromatic carbocycles. The molecule has 0 aliphatic rings. The van der Waals surface area contributed by atoms with Crippen LogP contribution in [0.2, 0.25) is 0 Å². The van der Waals surface area contributed by atoms with Gasteiger partial charge in [0.25, 0.3) is 0 Å². The fourth-order valence-corrected chi connectivity index (χ4v) is 8.92. The van der Waals surface area contributed by atoms with E-state index in [4.69, 9.17) is 41.0 Å². The second-order valence-electron chi connectivity index (χ2n) is 13.1. The summed E-state index contributed by atoms with van der Waals surface area (Å²) in [6, 6.07) is 20.1. The van der Waals surface area contributed by atoms with Gasteiger partial charge in [-0.25, -0.2) is 0 Å². The maximum atomic E-state index is 13.9. The number of hydrogen-bond acceptors (Lipinski definition) is 12. The smallest absolute Gasteiger partial charge is 0.330 e. The lowest BCUT2D eigenvalue weighted by Crippen LogP contribution is -2.31. The number of halogens is 6. The van der Waals surface area contributed by atoms with Crippen LogP contribution in [0.5, 0.6) is 0 Å². The van der Waals surface area contributed by atoms with E-state index in [0.29, 0.717) is 90.9 Å². The Kier molecular flexibility index (Phi) is 50.9. The molecule has 8 N–H and O–H groups in total. The molecule has 0 spiro atoms. The van der Waals surface area contributed by atoms with Gasteiger partial charge in [0.2, 0.25) is 0 Å². The van der Waals surface area contributed by atoms with Gasteiger partial charge in [0.05, 0.1) is 38.8 Å². The fourth-order valence-electron chi connectivity index (χ4n) is 5.65. The second-order valence-corrected chi connectivity index (χ2v) is 17.5. The van der Waals surface area contributed by atoms with Gasteiger partial charge < -0.3 is 50.8 Å². The van der Waals surface area contributed by atoms with Crippen molar-refractivity contribution >= 4 is 89.6 Å². The first-order valence-electron chi connectivity index (χ1n) is 19.4. The van der Waals surface area contributed by atoms with Gasteiger partial charge in [-0.3, -0.25) is 9.13 Å². The van der Waals surface area contributed by atoms with Crippen LogP contribution in [0.15, 0.2) is 60.7 Å². The van der Waals surface area contributed by atoms with Crippen molar-refractivity contribution < 1.29 is 27.2 Å². The van der Waals surface area contributed by atoms with Gasteiger partial charge in [0.15, 0.2) is 0 Å². The Labute approximate surface area is 387 Å². The molecule has 2 unspecified atom stereocenters. The molecule has 346 valence electrons. The van der Waals surface area contributed by atoms with E-state index < -0.39 is 15.2 Å². The summed E-state index contributed by atoms with van der Waals surface area (Å²) in [6.45, 7) is 8.28. The van der Waals surface area contributed by atoms with Crippen LogP contribution >= 0.6 is 89.6 Å². The van der Waals surface area contributed by atoms with Crippen LogP contribution in [0.25, 0.3) is 0 Å². The predicted octanol–water partition coefficient (Wildman–Crippen LogP) is 8.01. The number of nitrogens with two attached hydrogens (primary N) is 4. The van der Waals surface area contributed by atoms with Crippen LogP contribution < -0.4 is 22.9 Å². The van der Waals surface area contributed by atoms with E-state index in [1.165, 1.54) is 0 Å². The Morgan fingerprint density at radius 2 is 0.690 bits per heavy atom. The molecule has 0 fully saturated rings. The molecule has 2 rings (SSSR count). The van der Waals surface area contributed by atoms with Gasteiger partial charge in [-0.2, -0.15) is 0 Å². The highest BCUT2D eigenvalue weighted by molar-refractivity contribution is 7.54. The summed E-state index contributed by atoms with van der Waals surface area (Å²) in [5, 5.41) is 0. The standard InChI is InChI=1S/C38H70N6O6P2.6ClH/c39-21-11-25-43(26-12-22-40)29-35-51(45,49-33-19-37-15-5-3-6-16-37)47-31-9-1-2-10-32-48-52(46,50-34-20-38-17-7-4-8-18-38)36-30-44(27-13-23-41)28-14-24-42;;;;;;/h3-8,15-18H,1-2,9-14,19-36,39-42H2;6*1H. The lowest BCUT2D eigenvalue weighted by Gasteiger charge is -2.25. The van der Waals surface area contributed by atoms with E-state index >= 15 is 0 Å². The monoisotopic (exact) mass is 984 g/mol. The average Bonchev–Trinajstić information content (AvgIpc) is 3.16. The normalized spacial score (nSPS) is 12.7. The number of nitrogens with zero attached hydrogens (tertiary/aromatic N) is 2. The lowest BCUT2D eigenvalue weighted by atomic mass is 10.2. The van der Waals surface area contributed by atoms with Crippen molar-refractivity contribution in [2.45, 2.75) is 64.2 Å². The maximum Gasteiger partial charge on any atom is 0.331 e. The summed E-state index contributed by atoms with van der Waals surface area (Å²) in [5.41, 5.74) is 25.3. The highest BCUT2D eigenvalue weighted by Crippen LogP contribution is 2.49. The zero-order valence-electron chi connectivity index (χ0n) is 34.2. The van der Waals surface area contributed by atoms with Crippen molar-refractivity contribution in [3.63, 3.8) is 0 Å². The van der Waals surface area contributed by atoms with Crippen molar-refractivity contribution in [3.05, 3.63) is 71.8 Å². The van der Waals surface area contributed by atoms with E-state index in [-0.39, 0.29) is 74.4 Å². The summed E-state index contributed by atoms with van der Waals surface area (Å²) in [5.74, 6) is 0. The second kappa shape index (κ2) is 43.9. The first-order valence-corrected chi connectivity index (χ1v) is 22.9. The van der Waals surface area contributed by atoms with Crippen LogP contribution in [-0.2, 0) is 40.1 Å². The molecule has 0 bridgehead atoms. The third kappa shape index (κ3) is 33.8. The quantitative estimate of drug-likeness (QED) is 0.0387. The highest BCUT2D eigenvalue weighted by atomic mass is 35.5. The first-order chi connectivity index (χ1) is 25.3. The molecular formula is C38H76Cl6N6O6P2. The van der Waals surface area contributed by atoms with E-state index in [9.17, 15) is 9.13 Å². The van der Waals surface area contributed by atoms with Crippen molar-refractivity contribution in [1.29, 1.82) is 0 Å². The SMILES string of the molecule is Cl.Cl.Cl.Cl.Cl.Cl.NCCCN(CCCN)CCP(=O)(OCCCCCCOP(=O)(CCN(CCCN)CCCN)OCCc1ccccc1)OCCc1ccccc1. The van der Waals surface area contributed by atoms with Gasteiger partial charge in [-0.05, 0) is 115 Å². The zero-order valence-corrected chi connectivity index (χ0v) is 40.8. The van der Waals surface area contributed by atoms with Gasteiger partial charge in [-0.1, -0.05) is 73.5 Å². The molecular weight excluding hydrogens is 911 g/mol. The summed E-state index contributed by atoms with van der Waals surface area (Å²) in [4.78, 5) is 4.50. The molecule has 58 heavy (non-hydrogen) atoms. The third-order valence-corrected chi connectivity index (χ3v) is 12.6. The highest BCUT2D eigenvalue weighted by Gasteiger charge is 2.27. The molecule has 12 nitrogen and oxygen atoms in total. The van der Waals surface area contributed by atoms with Crippen molar-refractivity contribution in [3.8, 4) is 0 Å². The Morgan fingerprint density at radius 3 is 0.983 bits per heavy atom. The molecule has 0 aliphatic heterocycles. The molecule has 20 heteroatoms.